The van der Waals surface area contributed by atoms with Crippen molar-refractivity contribution in [3.05, 3.63) is 0 Å². The third-order valence-corrected chi connectivity index (χ3v) is 4.82. The lowest BCUT2D eigenvalue weighted by Crippen LogP contribution is -2.53. The highest BCUT2D eigenvalue weighted by atomic mass is 16.3. The van der Waals surface area contributed by atoms with Crippen molar-refractivity contribution in [1.29, 1.82) is 0 Å². The quantitative estimate of drug-likeness (QED) is 0.816. The Morgan fingerprint density at radius 2 is 2.00 bits per heavy atom. The van der Waals surface area contributed by atoms with E-state index in [2.05, 4.69) is 17.1 Å². The molecule has 1 saturated heterocycles. The second-order valence-corrected chi connectivity index (χ2v) is 8.01. The number of aliphatic hydroxyl groups excluding tert-OH is 1. The standard InChI is InChI=1S/C17H32N2O2/c1-5-19-10-12(9-15(20)13-6-7-13)8-14(11-19)18-16(21)17(2,3)4/h12-15,20H,5-11H2,1-4H3,(H,18,21). The van der Waals surface area contributed by atoms with Crippen molar-refractivity contribution in [3.63, 3.8) is 0 Å². The van der Waals surface area contributed by atoms with E-state index in [1.807, 2.05) is 20.8 Å². The number of rotatable bonds is 5. The molecule has 1 heterocycles. The zero-order valence-electron chi connectivity index (χ0n) is 14.1. The summed E-state index contributed by atoms with van der Waals surface area (Å²) in [6, 6.07) is 0.224. The second kappa shape index (κ2) is 6.66. The molecule has 1 saturated carbocycles. The van der Waals surface area contributed by atoms with E-state index in [4.69, 9.17) is 0 Å². The highest BCUT2D eigenvalue weighted by Crippen LogP contribution is 2.36. The van der Waals surface area contributed by atoms with Gasteiger partial charge in [0.2, 0.25) is 5.91 Å². The van der Waals surface area contributed by atoms with Crippen molar-refractivity contribution in [2.24, 2.45) is 17.3 Å². The molecule has 1 aliphatic carbocycles. The number of likely N-dealkylation sites (tertiary alicyclic amines) is 1. The molecule has 3 unspecified atom stereocenters. The van der Waals surface area contributed by atoms with Gasteiger partial charge in [-0.05, 0) is 44.1 Å². The molecule has 0 spiro atoms. The molecule has 0 aromatic heterocycles. The summed E-state index contributed by atoms with van der Waals surface area (Å²) in [5.74, 6) is 1.18. The fourth-order valence-electron chi connectivity index (χ4n) is 3.25. The molecule has 122 valence electrons. The number of piperidine rings is 1. The Labute approximate surface area is 129 Å². The van der Waals surface area contributed by atoms with Crippen molar-refractivity contribution < 1.29 is 9.90 Å². The maximum absolute atomic E-state index is 12.2. The Morgan fingerprint density at radius 3 is 2.52 bits per heavy atom. The van der Waals surface area contributed by atoms with Crippen LogP contribution in [0.5, 0.6) is 0 Å². The van der Waals surface area contributed by atoms with Crippen molar-refractivity contribution >= 4 is 5.91 Å². The van der Waals surface area contributed by atoms with Gasteiger partial charge in [-0.1, -0.05) is 27.7 Å². The lowest BCUT2D eigenvalue weighted by Gasteiger charge is -2.39. The van der Waals surface area contributed by atoms with Gasteiger partial charge in [-0.2, -0.15) is 0 Å². The molecule has 2 N–H and O–H groups in total. The number of carbonyl (C=O) groups excluding carboxylic acids is 1. The largest absolute Gasteiger partial charge is 0.393 e. The van der Waals surface area contributed by atoms with E-state index in [1.165, 1.54) is 12.8 Å². The number of likely N-dealkylation sites (N-methyl/N-ethyl adjacent to an activating group) is 1. The van der Waals surface area contributed by atoms with Crippen LogP contribution in [0.25, 0.3) is 0 Å². The first-order chi connectivity index (χ1) is 9.79. The van der Waals surface area contributed by atoms with Crippen molar-refractivity contribution in [3.8, 4) is 0 Å². The normalized spacial score (nSPS) is 29.2. The molecule has 1 amide bonds. The zero-order valence-corrected chi connectivity index (χ0v) is 14.1. The van der Waals surface area contributed by atoms with Gasteiger partial charge in [0.05, 0.1) is 6.10 Å². The van der Waals surface area contributed by atoms with Crippen LogP contribution in [0.1, 0.15) is 53.4 Å². The van der Waals surface area contributed by atoms with Crippen LogP contribution >= 0.6 is 0 Å². The minimum Gasteiger partial charge on any atom is -0.393 e. The van der Waals surface area contributed by atoms with E-state index < -0.39 is 0 Å². The first kappa shape index (κ1) is 16.8. The number of hydrogen-bond acceptors (Lipinski definition) is 3. The topological polar surface area (TPSA) is 52.6 Å². The summed E-state index contributed by atoms with van der Waals surface area (Å²) in [4.78, 5) is 14.6. The molecule has 0 radical (unpaired) electrons. The fraction of sp³-hybridized carbons (Fsp3) is 0.941. The SMILES string of the molecule is CCN1CC(CC(O)C2CC2)CC(NC(=O)C(C)(C)C)C1. The van der Waals surface area contributed by atoms with Crippen molar-refractivity contribution in [1.82, 2.24) is 10.2 Å². The average molecular weight is 296 g/mol. The van der Waals surface area contributed by atoms with Gasteiger partial charge < -0.3 is 15.3 Å². The molecule has 4 nitrogen and oxygen atoms in total. The van der Waals surface area contributed by atoms with E-state index in [9.17, 15) is 9.90 Å². The molecule has 2 aliphatic rings. The molecule has 0 bridgehead atoms. The Bertz CT molecular complexity index is 360. The summed E-state index contributed by atoms with van der Waals surface area (Å²) < 4.78 is 0. The van der Waals surface area contributed by atoms with Crippen LogP contribution in [0, 0.1) is 17.3 Å². The van der Waals surface area contributed by atoms with Crippen LogP contribution in [0.3, 0.4) is 0 Å². The van der Waals surface area contributed by atoms with Gasteiger partial charge in [-0.3, -0.25) is 4.79 Å². The van der Waals surface area contributed by atoms with Crippen LogP contribution in [0.2, 0.25) is 0 Å². The minimum atomic E-state index is -0.336. The number of carbonyl (C=O) groups is 1. The number of hydrogen-bond donors (Lipinski definition) is 2. The van der Waals surface area contributed by atoms with Crippen LogP contribution < -0.4 is 5.32 Å². The Hall–Kier alpha value is -0.610. The predicted molar refractivity (Wildman–Crippen MR) is 85.0 cm³/mol. The third-order valence-electron chi connectivity index (χ3n) is 4.82. The van der Waals surface area contributed by atoms with E-state index in [1.54, 1.807) is 0 Å². The molecule has 0 aromatic rings. The number of nitrogens with zero attached hydrogens (tertiary/aromatic N) is 1. The van der Waals surface area contributed by atoms with E-state index in [-0.39, 0.29) is 23.5 Å². The van der Waals surface area contributed by atoms with Gasteiger partial charge in [0.25, 0.3) is 0 Å². The summed E-state index contributed by atoms with van der Waals surface area (Å²) in [7, 11) is 0. The summed E-state index contributed by atoms with van der Waals surface area (Å²) in [6.07, 6.45) is 4.14. The molecular formula is C17H32N2O2. The first-order valence-corrected chi connectivity index (χ1v) is 8.51. The van der Waals surface area contributed by atoms with Crippen LogP contribution in [-0.4, -0.2) is 47.7 Å². The lowest BCUT2D eigenvalue weighted by molar-refractivity contribution is -0.129. The second-order valence-electron chi connectivity index (χ2n) is 8.01. The Balaban J connectivity index is 1.89. The molecule has 3 atom stereocenters. The van der Waals surface area contributed by atoms with E-state index in [0.717, 1.165) is 32.5 Å². The lowest BCUT2D eigenvalue weighted by atomic mass is 9.87. The molecule has 2 rings (SSSR count). The van der Waals surface area contributed by atoms with Gasteiger partial charge in [0.1, 0.15) is 0 Å². The maximum atomic E-state index is 12.2. The van der Waals surface area contributed by atoms with Crippen molar-refractivity contribution in [2.75, 3.05) is 19.6 Å². The summed E-state index contributed by atoms with van der Waals surface area (Å²) >= 11 is 0. The van der Waals surface area contributed by atoms with Gasteiger partial charge in [-0.25, -0.2) is 0 Å². The van der Waals surface area contributed by atoms with Gasteiger partial charge >= 0.3 is 0 Å². The van der Waals surface area contributed by atoms with E-state index in [0.29, 0.717) is 11.8 Å². The highest BCUT2D eigenvalue weighted by molar-refractivity contribution is 5.81. The summed E-state index contributed by atoms with van der Waals surface area (Å²) in [5, 5.41) is 13.4. The molecule has 2 fully saturated rings. The molecule has 21 heavy (non-hydrogen) atoms. The van der Waals surface area contributed by atoms with Crippen molar-refractivity contribution in [2.45, 2.75) is 65.5 Å². The van der Waals surface area contributed by atoms with E-state index >= 15 is 0 Å². The Kier molecular flexibility index (Phi) is 5.31. The number of aliphatic hydroxyl groups is 1. The molecular weight excluding hydrogens is 264 g/mol. The average Bonchev–Trinajstić information content (AvgIpc) is 3.21. The van der Waals surface area contributed by atoms with Crippen LogP contribution in [0.15, 0.2) is 0 Å². The summed E-state index contributed by atoms with van der Waals surface area (Å²) in [5.41, 5.74) is -0.336. The highest BCUT2D eigenvalue weighted by Gasteiger charge is 2.35. The van der Waals surface area contributed by atoms with Gasteiger partial charge in [0.15, 0.2) is 0 Å². The monoisotopic (exact) mass is 296 g/mol. The minimum absolute atomic E-state index is 0.131. The first-order valence-electron chi connectivity index (χ1n) is 8.51. The number of nitrogens with one attached hydrogen (secondary N) is 1. The van der Waals surface area contributed by atoms with Gasteiger partial charge in [0, 0.05) is 24.5 Å². The third kappa shape index (κ3) is 4.96. The molecule has 0 aromatic carbocycles. The molecule has 4 heteroatoms. The van der Waals surface area contributed by atoms with Gasteiger partial charge in [-0.15, -0.1) is 0 Å². The fourth-order valence-corrected chi connectivity index (χ4v) is 3.25. The molecule has 1 aliphatic heterocycles. The number of amides is 1. The van der Waals surface area contributed by atoms with Crippen LogP contribution in [0.4, 0.5) is 0 Å². The zero-order chi connectivity index (χ0) is 15.6. The smallest absolute Gasteiger partial charge is 0.225 e. The Morgan fingerprint density at radius 1 is 1.33 bits per heavy atom. The maximum Gasteiger partial charge on any atom is 0.225 e. The predicted octanol–water partition coefficient (Wildman–Crippen LogP) is 2.02. The van der Waals surface area contributed by atoms with Crippen LogP contribution in [-0.2, 0) is 4.79 Å². The summed E-state index contributed by atoms with van der Waals surface area (Å²) in [6.45, 7) is 11.0.